The van der Waals surface area contributed by atoms with Crippen molar-refractivity contribution < 1.29 is 18.4 Å². The summed E-state index contributed by atoms with van der Waals surface area (Å²) in [6, 6.07) is 8.40. The maximum absolute atomic E-state index is 13.5. The molecule has 0 saturated carbocycles. The second-order valence-corrected chi connectivity index (χ2v) is 7.52. The van der Waals surface area contributed by atoms with Crippen LogP contribution in [0.25, 0.3) is 0 Å². The largest absolute Gasteiger partial charge is 0.340 e. The van der Waals surface area contributed by atoms with Gasteiger partial charge in [0.2, 0.25) is 5.91 Å². The fourth-order valence-electron chi connectivity index (χ4n) is 3.86. The van der Waals surface area contributed by atoms with Gasteiger partial charge in [-0.05, 0) is 25.1 Å². The highest BCUT2D eigenvalue weighted by molar-refractivity contribution is 5.95. The van der Waals surface area contributed by atoms with E-state index in [9.17, 15) is 18.4 Å². The van der Waals surface area contributed by atoms with Crippen LogP contribution < -0.4 is 0 Å². The number of hydrogen-bond donors (Lipinski definition) is 0. The molecule has 3 heterocycles. The van der Waals surface area contributed by atoms with Crippen LogP contribution in [-0.4, -0.2) is 57.0 Å². The lowest BCUT2D eigenvalue weighted by molar-refractivity contribution is -0.142. The van der Waals surface area contributed by atoms with E-state index in [0.717, 1.165) is 11.3 Å². The van der Waals surface area contributed by atoms with Gasteiger partial charge in [-0.15, -0.1) is 0 Å². The van der Waals surface area contributed by atoms with Gasteiger partial charge in [-0.3, -0.25) is 14.3 Å². The minimum atomic E-state index is -2.71. The molecule has 1 fully saturated rings. The summed E-state index contributed by atoms with van der Waals surface area (Å²) in [4.78, 5) is 29.1. The lowest BCUT2D eigenvalue weighted by atomic mass is 10.0. The van der Waals surface area contributed by atoms with Crippen molar-refractivity contribution in [3.8, 4) is 0 Å². The predicted molar refractivity (Wildman–Crippen MR) is 97.9 cm³/mol. The molecule has 1 saturated heterocycles. The zero-order valence-electron chi connectivity index (χ0n) is 15.6. The first-order valence-electron chi connectivity index (χ1n) is 9.39. The molecule has 1 aromatic heterocycles. The monoisotopic (exact) mass is 388 g/mol. The molecule has 0 bridgehead atoms. The van der Waals surface area contributed by atoms with Crippen LogP contribution in [-0.2, 0) is 11.3 Å². The zero-order valence-corrected chi connectivity index (χ0v) is 15.6. The average molecular weight is 388 g/mol. The van der Waals surface area contributed by atoms with Gasteiger partial charge < -0.3 is 9.80 Å². The van der Waals surface area contributed by atoms with E-state index in [1.807, 2.05) is 25.1 Å². The molecular formula is C20H22F2N4O2. The second-order valence-electron chi connectivity index (χ2n) is 7.52. The minimum Gasteiger partial charge on any atom is -0.340 e. The summed E-state index contributed by atoms with van der Waals surface area (Å²) in [5.74, 6) is -3.13. The van der Waals surface area contributed by atoms with Crippen molar-refractivity contribution in [2.24, 2.45) is 0 Å². The van der Waals surface area contributed by atoms with E-state index in [1.54, 1.807) is 27.9 Å². The molecule has 0 unspecified atom stereocenters. The summed E-state index contributed by atoms with van der Waals surface area (Å²) in [6.45, 7) is 2.48. The average Bonchev–Trinajstić information content (AvgIpc) is 3.15. The Balaban J connectivity index is 1.56. The zero-order chi connectivity index (χ0) is 19.9. The Hall–Kier alpha value is -2.77. The number of carbonyl (C=O) groups is 2. The van der Waals surface area contributed by atoms with Crippen LogP contribution in [0.1, 0.15) is 40.5 Å². The fraction of sp³-hybridized carbons (Fsp3) is 0.450. The SMILES string of the molecule is Cc1cccc(C(=O)N2Cc3ccnn3[C@@H](C(=O)N3CCC(F)(F)CC3)C2)c1. The van der Waals surface area contributed by atoms with Crippen LogP contribution >= 0.6 is 0 Å². The minimum absolute atomic E-state index is 0.0186. The van der Waals surface area contributed by atoms with Crippen LogP contribution in [0.3, 0.4) is 0 Å². The number of aromatic nitrogens is 2. The summed E-state index contributed by atoms with van der Waals surface area (Å²) in [6.07, 6.45) is 0.938. The van der Waals surface area contributed by atoms with Crippen LogP contribution in [0.2, 0.25) is 0 Å². The third-order valence-electron chi connectivity index (χ3n) is 5.44. The van der Waals surface area contributed by atoms with Crippen molar-refractivity contribution in [2.75, 3.05) is 19.6 Å². The quantitative estimate of drug-likeness (QED) is 0.795. The number of carbonyl (C=O) groups excluding carboxylic acids is 2. The number of amides is 2. The van der Waals surface area contributed by atoms with Gasteiger partial charge in [0.1, 0.15) is 6.04 Å². The number of fused-ring (bicyclic) bond motifs is 1. The first-order chi connectivity index (χ1) is 13.3. The van der Waals surface area contributed by atoms with Crippen molar-refractivity contribution in [1.82, 2.24) is 19.6 Å². The van der Waals surface area contributed by atoms with Gasteiger partial charge in [-0.2, -0.15) is 5.10 Å². The van der Waals surface area contributed by atoms with Crippen LogP contribution in [0, 0.1) is 6.92 Å². The smallest absolute Gasteiger partial charge is 0.254 e. The number of rotatable bonds is 2. The maximum Gasteiger partial charge on any atom is 0.254 e. The van der Waals surface area contributed by atoms with Gasteiger partial charge in [0, 0.05) is 37.7 Å². The summed E-state index contributed by atoms with van der Waals surface area (Å²) < 4.78 is 28.5. The van der Waals surface area contributed by atoms with E-state index < -0.39 is 12.0 Å². The third-order valence-corrected chi connectivity index (χ3v) is 5.44. The Labute approximate surface area is 161 Å². The summed E-state index contributed by atoms with van der Waals surface area (Å²) in [5, 5.41) is 4.25. The van der Waals surface area contributed by atoms with E-state index in [4.69, 9.17) is 0 Å². The van der Waals surface area contributed by atoms with Crippen molar-refractivity contribution in [3.63, 3.8) is 0 Å². The lowest BCUT2D eigenvalue weighted by Crippen LogP contribution is -2.51. The highest BCUT2D eigenvalue weighted by atomic mass is 19.3. The molecule has 2 aliphatic heterocycles. The molecule has 2 amide bonds. The molecule has 0 N–H and O–H groups in total. The van der Waals surface area contributed by atoms with Crippen LogP contribution in [0.5, 0.6) is 0 Å². The van der Waals surface area contributed by atoms with Gasteiger partial charge in [0.25, 0.3) is 11.8 Å². The molecule has 148 valence electrons. The number of likely N-dealkylation sites (tertiary alicyclic amines) is 1. The lowest BCUT2D eigenvalue weighted by Gasteiger charge is -2.38. The number of hydrogen-bond acceptors (Lipinski definition) is 3. The number of alkyl halides is 2. The molecule has 8 heteroatoms. The molecule has 1 atom stereocenters. The third kappa shape index (κ3) is 3.50. The topological polar surface area (TPSA) is 58.4 Å². The van der Waals surface area contributed by atoms with Crippen molar-refractivity contribution in [2.45, 2.75) is 38.3 Å². The molecule has 2 aliphatic rings. The van der Waals surface area contributed by atoms with Gasteiger partial charge in [0.15, 0.2) is 0 Å². The van der Waals surface area contributed by atoms with E-state index in [2.05, 4.69) is 5.10 Å². The highest BCUT2D eigenvalue weighted by Crippen LogP contribution is 2.30. The summed E-state index contributed by atoms with van der Waals surface area (Å²) >= 11 is 0. The fourth-order valence-corrected chi connectivity index (χ4v) is 3.86. The maximum atomic E-state index is 13.5. The van der Waals surface area contributed by atoms with Gasteiger partial charge in [0.05, 0.1) is 18.8 Å². The van der Waals surface area contributed by atoms with Crippen LogP contribution in [0.4, 0.5) is 8.78 Å². The summed E-state index contributed by atoms with van der Waals surface area (Å²) in [5.41, 5.74) is 2.31. The van der Waals surface area contributed by atoms with Gasteiger partial charge in [-0.1, -0.05) is 17.7 Å². The molecule has 2 aromatic rings. The molecule has 0 radical (unpaired) electrons. The standard InChI is InChI=1S/C20H22F2N4O2/c1-14-3-2-4-15(11-14)18(27)25-12-16-5-8-23-26(16)17(13-25)19(28)24-9-6-20(21,22)7-10-24/h2-5,8,11,17H,6-7,9-10,12-13H2,1H3/t17-/m1/s1. The normalized spacial score (nSPS) is 21.3. The highest BCUT2D eigenvalue weighted by Gasteiger charge is 2.40. The van der Waals surface area contributed by atoms with Crippen molar-refractivity contribution in [1.29, 1.82) is 0 Å². The van der Waals surface area contributed by atoms with Gasteiger partial charge >= 0.3 is 0 Å². The molecule has 4 rings (SSSR count). The van der Waals surface area contributed by atoms with E-state index in [-0.39, 0.29) is 44.3 Å². The number of benzene rings is 1. The first kappa shape index (κ1) is 18.6. The number of piperidine rings is 1. The Morgan fingerprint density at radius 3 is 2.61 bits per heavy atom. The van der Waals surface area contributed by atoms with Crippen molar-refractivity contribution in [3.05, 3.63) is 53.3 Å². The van der Waals surface area contributed by atoms with E-state index in [0.29, 0.717) is 12.1 Å². The Bertz CT molecular complexity index is 901. The Morgan fingerprint density at radius 2 is 1.89 bits per heavy atom. The molecule has 0 aliphatic carbocycles. The predicted octanol–water partition coefficient (Wildman–Crippen LogP) is 2.65. The van der Waals surface area contributed by atoms with Gasteiger partial charge in [-0.25, -0.2) is 8.78 Å². The number of halogens is 2. The molecule has 28 heavy (non-hydrogen) atoms. The summed E-state index contributed by atoms with van der Waals surface area (Å²) in [7, 11) is 0. The number of aryl methyl sites for hydroxylation is 1. The first-order valence-corrected chi connectivity index (χ1v) is 9.39. The van der Waals surface area contributed by atoms with E-state index in [1.165, 1.54) is 4.90 Å². The Kier molecular flexibility index (Phi) is 4.64. The number of nitrogens with zero attached hydrogens (tertiary/aromatic N) is 4. The van der Waals surface area contributed by atoms with Crippen LogP contribution in [0.15, 0.2) is 36.5 Å². The van der Waals surface area contributed by atoms with Crippen molar-refractivity contribution >= 4 is 11.8 Å². The molecular weight excluding hydrogens is 366 g/mol. The van der Waals surface area contributed by atoms with E-state index >= 15 is 0 Å². The second kappa shape index (κ2) is 7.00. The Morgan fingerprint density at radius 1 is 1.14 bits per heavy atom. The molecule has 0 spiro atoms. The molecule has 6 nitrogen and oxygen atoms in total. The molecule has 1 aromatic carbocycles.